The van der Waals surface area contributed by atoms with Crippen LogP contribution in [0.5, 0.6) is 0 Å². The zero-order valence-electron chi connectivity index (χ0n) is 16.1. The number of furan rings is 1. The third-order valence-electron chi connectivity index (χ3n) is 3.97. The molecule has 29 heavy (non-hydrogen) atoms. The monoisotopic (exact) mass is 395 g/mol. The first kappa shape index (κ1) is 20.1. The number of carbonyl (C=O) groups is 3. The van der Waals surface area contributed by atoms with Crippen LogP contribution in [0.25, 0.3) is 22.4 Å². The van der Waals surface area contributed by atoms with E-state index in [1.807, 2.05) is 13.8 Å². The highest BCUT2D eigenvalue weighted by atomic mass is 16.5. The number of rotatable bonds is 6. The Hall–Kier alpha value is -3.68. The van der Waals surface area contributed by atoms with Gasteiger partial charge in [0.05, 0.1) is 17.3 Å². The Morgan fingerprint density at radius 2 is 1.93 bits per heavy atom. The predicted molar refractivity (Wildman–Crippen MR) is 106 cm³/mol. The van der Waals surface area contributed by atoms with Gasteiger partial charge >= 0.3 is 12.0 Å². The van der Waals surface area contributed by atoms with E-state index in [4.69, 9.17) is 9.15 Å². The molecule has 2 aromatic heterocycles. The highest BCUT2D eigenvalue weighted by Crippen LogP contribution is 2.25. The van der Waals surface area contributed by atoms with E-state index in [9.17, 15) is 14.4 Å². The van der Waals surface area contributed by atoms with Gasteiger partial charge in [0.25, 0.3) is 5.91 Å². The van der Waals surface area contributed by atoms with Gasteiger partial charge in [-0.2, -0.15) is 0 Å². The molecule has 0 aliphatic heterocycles. The number of urea groups is 1. The van der Waals surface area contributed by atoms with Crippen LogP contribution >= 0.6 is 0 Å². The molecule has 3 amide bonds. The molecule has 0 atom stereocenters. The number of imide groups is 1. The third-order valence-corrected chi connectivity index (χ3v) is 3.97. The summed E-state index contributed by atoms with van der Waals surface area (Å²) < 4.78 is 10.5. The highest BCUT2D eigenvalue weighted by molar-refractivity contribution is 6.05. The molecule has 0 saturated carbocycles. The van der Waals surface area contributed by atoms with Gasteiger partial charge in [0.2, 0.25) is 0 Å². The van der Waals surface area contributed by atoms with Gasteiger partial charge in [0, 0.05) is 11.9 Å². The number of aromatic nitrogens is 1. The summed E-state index contributed by atoms with van der Waals surface area (Å²) in [4.78, 5) is 40.6. The second kappa shape index (κ2) is 9.01. The average Bonchev–Trinajstić information content (AvgIpc) is 3.24. The Kier molecular flexibility index (Phi) is 6.23. The summed E-state index contributed by atoms with van der Waals surface area (Å²) in [5, 5.41) is 5.26. The quantitative estimate of drug-likeness (QED) is 0.621. The number of esters is 1. The van der Waals surface area contributed by atoms with Gasteiger partial charge < -0.3 is 14.5 Å². The first-order valence-corrected chi connectivity index (χ1v) is 9.12. The van der Waals surface area contributed by atoms with Crippen LogP contribution in [-0.2, 0) is 9.53 Å². The molecule has 0 fully saturated rings. The molecule has 0 bridgehead atoms. The fourth-order valence-corrected chi connectivity index (χ4v) is 2.61. The number of nitrogens with zero attached hydrogens (tertiary/aromatic N) is 1. The second-order valence-electron chi connectivity index (χ2n) is 6.78. The van der Waals surface area contributed by atoms with Crippen LogP contribution < -0.4 is 10.6 Å². The van der Waals surface area contributed by atoms with E-state index in [1.54, 1.807) is 42.5 Å². The van der Waals surface area contributed by atoms with Crippen LogP contribution in [0, 0.1) is 5.92 Å². The van der Waals surface area contributed by atoms with Gasteiger partial charge in [-0.05, 0) is 30.2 Å². The lowest BCUT2D eigenvalue weighted by molar-refractivity contribution is -0.123. The average molecular weight is 395 g/mol. The zero-order valence-corrected chi connectivity index (χ0v) is 16.1. The van der Waals surface area contributed by atoms with Crippen molar-refractivity contribution in [3.05, 3.63) is 54.3 Å². The molecule has 8 nitrogen and oxygen atoms in total. The van der Waals surface area contributed by atoms with Crippen molar-refractivity contribution < 1.29 is 23.5 Å². The number of hydrogen-bond acceptors (Lipinski definition) is 6. The molecule has 0 radical (unpaired) electrons. The van der Waals surface area contributed by atoms with Crippen LogP contribution in [-0.4, -0.2) is 36.0 Å². The lowest BCUT2D eigenvalue weighted by atomic mass is 10.1. The Morgan fingerprint density at radius 1 is 1.14 bits per heavy atom. The van der Waals surface area contributed by atoms with Gasteiger partial charge in [-0.15, -0.1) is 0 Å². The van der Waals surface area contributed by atoms with Gasteiger partial charge in [0.15, 0.2) is 12.4 Å². The maximum atomic E-state index is 12.6. The van der Waals surface area contributed by atoms with Crippen LogP contribution in [0.2, 0.25) is 0 Å². The highest BCUT2D eigenvalue weighted by Gasteiger charge is 2.18. The summed E-state index contributed by atoms with van der Waals surface area (Å²) in [6.45, 7) is 3.71. The van der Waals surface area contributed by atoms with E-state index in [2.05, 4.69) is 15.6 Å². The van der Waals surface area contributed by atoms with E-state index in [1.165, 1.54) is 6.26 Å². The molecule has 0 aliphatic carbocycles. The zero-order chi connectivity index (χ0) is 20.8. The number of fused-ring (bicyclic) bond motifs is 1. The largest absolute Gasteiger partial charge is 0.463 e. The fraction of sp³-hybridized carbons (Fsp3) is 0.238. The van der Waals surface area contributed by atoms with E-state index in [-0.39, 0.29) is 11.5 Å². The molecule has 3 rings (SSSR count). The van der Waals surface area contributed by atoms with Gasteiger partial charge in [-0.3, -0.25) is 10.1 Å². The molecule has 2 N–H and O–H groups in total. The molecule has 0 spiro atoms. The number of benzene rings is 1. The molecule has 3 aromatic rings. The van der Waals surface area contributed by atoms with E-state index in [0.717, 1.165) is 0 Å². The third kappa shape index (κ3) is 5.19. The minimum Gasteiger partial charge on any atom is -0.463 e. The molecule has 0 unspecified atom stereocenters. The summed E-state index contributed by atoms with van der Waals surface area (Å²) in [5.41, 5.74) is 1.31. The maximum absolute atomic E-state index is 12.6. The lowest BCUT2D eigenvalue weighted by Crippen LogP contribution is -2.42. The molecule has 0 aliphatic rings. The van der Waals surface area contributed by atoms with Crippen molar-refractivity contribution in [1.82, 2.24) is 15.6 Å². The number of ether oxygens (including phenoxy) is 1. The van der Waals surface area contributed by atoms with Crippen LogP contribution in [0.15, 0.2) is 53.1 Å². The summed E-state index contributed by atoms with van der Waals surface area (Å²) in [7, 11) is 0. The maximum Gasteiger partial charge on any atom is 0.339 e. The summed E-state index contributed by atoms with van der Waals surface area (Å²) in [6.07, 6.45) is 1.51. The minimum absolute atomic E-state index is 0.247. The SMILES string of the molecule is CC(C)CNC(=O)NC(=O)COC(=O)c1cc(-c2ccco2)nc2ccccc12. The molecular weight excluding hydrogens is 374 g/mol. The molecular formula is C21H21N3O5. The van der Waals surface area contributed by atoms with Crippen molar-refractivity contribution in [2.24, 2.45) is 5.92 Å². The Balaban J connectivity index is 1.72. The van der Waals surface area contributed by atoms with Crippen LogP contribution in [0.1, 0.15) is 24.2 Å². The molecule has 8 heteroatoms. The van der Waals surface area contributed by atoms with E-state index >= 15 is 0 Å². The first-order valence-electron chi connectivity index (χ1n) is 9.12. The summed E-state index contributed by atoms with van der Waals surface area (Å²) in [5.74, 6) is -0.667. The Morgan fingerprint density at radius 3 is 2.66 bits per heavy atom. The Labute approximate surface area is 167 Å². The van der Waals surface area contributed by atoms with Crippen LogP contribution in [0.3, 0.4) is 0 Å². The summed E-state index contributed by atoms with van der Waals surface area (Å²) in [6, 6.07) is 11.5. The fourth-order valence-electron chi connectivity index (χ4n) is 2.61. The Bertz CT molecular complexity index is 1030. The first-order chi connectivity index (χ1) is 13.9. The standard InChI is InChI=1S/C21H21N3O5/c1-13(2)11-22-21(27)24-19(25)12-29-20(26)15-10-17(18-8-5-9-28-18)23-16-7-4-3-6-14(15)16/h3-10,13H,11-12H2,1-2H3,(H2,22,24,25,27). The van der Waals surface area contributed by atoms with Gasteiger partial charge in [-0.1, -0.05) is 32.0 Å². The number of carbonyl (C=O) groups excluding carboxylic acids is 3. The number of para-hydroxylation sites is 1. The van der Waals surface area contributed by atoms with Gasteiger partial charge in [0.1, 0.15) is 5.69 Å². The molecule has 0 saturated heterocycles. The van der Waals surface area contributed by atoms with Crippen molar-refractivity contribution in [3.63, 3.8) is 0 Å². The van der Waals surface area contributed by atoms with Crippen molar-refractivity contribution in [1.29, 1.82) is 0 Å². The topological polar surface area (TPSA) is 111 Å². The van der Waals surface area contributed by atoms with Crippen molar-refractivity contribution in [2.75, 3.05) is 13.2 Å². The smallest absolute Gasteiger partial charge is 0.339 e. The second-order valence-corrected chi connectivity index (χ2v) is 6.78. The molecule has 2 heterocycles. The van der Waals surface area contributed by atoms with E-state index in [0.29, 0.717) is 28.9 Å². The van der Waals surface area contributed by atoms with Gasteiger partial charge in [-0.25, -0.2) is 14.6 Å². The van der Waals surface area contributed by atoms with Crippen molar-refractivity contribution in [2.45, 2.75) is 13.8 Å². The number of pyridine rings is 1. The van der Waals surface area contributed by atoms with Crippen molar-refractivity contribution >= 4 is 28.8 Å². The molecule has 1 aromatic carbocycles. The predicted octanol–water partition coefficient (Wildman–Crippen LogP) is 3.13. The number of nitrogens with one attached hydrogen (secondary N) is 2. The number of amides is 3. The molecule has 150 valence electrons. The van der Waals surface area contributed by atoms with Crippen molar-refractivity contribution in [3.8, 4) is 11.5 Å². The normalized spacial score (nSPS) is 10.7. The number of hydrogen-bond donors (Lipinski definition) is 2. The summed E-state index contributed by atoms with van der Waals surface area (Å²) >= 11 is 0. The minimum atomic E-state index is -0.718. The lowest BCUT2D eigenvalue weighted by Gasteiger charge is -2.10. The van der Waals surface area contributed by atoms with E-state index < -0.39 is 24.5 Å². The van der Waals surface area contributed by atoms with Crippen LogP contribution in [0.4, 0.5) is 4.79 Å².